The van der Waals surface area contributed by atoms with Gasteiger partial charge in [0.05, 0.1) is 0 Å². The first-order valence-corrected chi connectivity index (χ1v) is 6.19. The van der Waals surface area contributed by atoms with E-state index < -0.39 is 5.97 Å². The Morgan fingerprint density at radius 3 is 1.85 bits per heavy atom. The maximum atomic E-state index is 11.2. The fourth-order valence-corrected chi connectivity index (χ4v) is 1.85. The third kappa shape index (κ3) is 3.42. The van der Waals surface area contributed by atoms with Gasteiger partial charge in [0.25, 0.3) is 0 Å². The van der Waals surface area contributed by atoms with Crippen molar-refractivity contribution in [3.05, 3.63) is 65.7 Å². The van der Waals surface area contributed by atoms with Gasteiger partial charge in [0, 0.05) is 11.6 Å². The lowest BCUT2D eigenvalue weighted by molar-refractivity contribution is -0.131. The molecule has 0 saturated carbocycles. The molecule has 2 aromatic rings. The molecule has 0 aliphatic carbocycles. The Bertz CT molecular complexity index is 650. The van der Waals surface area contributed by atoms with Gasteiger partial charge >= 0.3 is 5.97 Å². The van der Waals surface area contributed by atoms with Gasteiger partial charge in [-0.1, -0.05) is 48.5 Å². The molecule has 2 aromatic carbocycles. The molecule has 1 N–H and O–H groups in total. The van der Waals surface area contributed by atoms with Crippen LogP contribution in [0.4, 0.5) is 0 Å². The van der Waals surface area contributed by atoms with Crippen LogP contribution in [0.15, 0.2) is 54.6 Å². The van der Waals surface area contributed by atoms with Gasteiger partial charge in [0.2, 0.25) is 0 Å². The summed E-state index contributed by atoms with van der Waals surface area (Å²) < 4.78 is 0. The van der Waals surface area contributed by atoms with Crippen LogP contribution in [0.2, 0.25) is 0 Å². The van der Waals surface area contributed by atoms with E-state index in [0.29, 0.717) is 5.56 Å². The summed E-state index contributed by atoms with van der Waals surface area (Å²) in [7, 11) is 0. The topological polar surface area (TPSA) is 54.4 Å². The van der Waals surface area contributed by atoms with Crippen molar-refractivity contribution in [1.82, 2.24) is 0 Å². The minimum atomic E-state index is -0.964. The second-order valence-electron chi connectivity index (χ2n) is 4.43. The van der Waals surface area contributed by atoms with Gasteiger partial charge in [-0.15, -0.1) is 0 Å². The molecule has 0 fully saturated rings. The Morgan fingerprint density at radius 2 is 1.40 bits per heavy atom. The van der Waals surface area contributed by atoms with Gasteiger partial charge < -0.3 is 5.11 Å². The summed E-state index contributed by atoms with van der Waals surface area (Å²) in [5, 5.41) is 8.56. The maximum absolute atomic E-state index is 11.2. The first-order valence-electron chi connectivity index (χ1n) is 6.19. The molecule has 3 nitrogen and oxygen atoms in total. The first kappa shape index (κ1) is 13.7. The van der Waals surface area contributed by atoms with Crippen LogP contribution >= 0.6 is 0 Å². The summed E-state index contributed by atoms with van der Waals surface area (Å²) in [6, 6.07) is 15.0. The highest BCUT2D eigenvalue weighted by Crippen LogP contribution is 2.21. The van der Waals surface area contributed by atoms with E-state index in [4.69, 9.17) is 5.11 Å². The third-order valence-corrected chi connectivity index (χ3v) is 2.95. The van der Waals surface area contributed by atoms with Crippen molar-refractivity contribution >= 4 is 17.8 Å². The van der Waals surface area contributed by atoms with Crippen molar-refractivity contribution in [2.75, 3.05) is 0 Å². The van der Waals surface area contributed by atoms with Crippen molar-refractivity contribution < 1.29 is 14.7 Å². The summed E-state index contributed by atoms with van der Waals surface area (Å²) in [6.07, 6.45) is 2.65. The fourth-order valence-electron chi connectivity index (χ4n) is 1.85. The SMILES string of the molecule is CC(=O)c1ccc(-c2ccc(C=CC(=O)O)cc2)cc1. The number of hydrogen-bond donors (Lipinski definition) is 1. The number of rotatable bonds is 4. The molecule has 0 saturated heterocycles. The molecule has 0 aromatic heterocycles. The Hall–Kier alpha value is -2.68. The Morgan fingerprint density at radius 1 is 0.900 bits per heavy atom. The third-order valence-electron chi connectivity index (χ3n) is 2.95. The number of carboxylic acids is 1. The van der Waals surface area contributed by atoms with Crippen LogP contribution in [-0.4, -0.2) is 16.9 Å². The van der Waals surface area contributed by atoms with E-state index in [1.54, 1.807) is 25.1 Å². The molecular formula is C17H14O3. The van der Waals surface area contributed by atoms with Crippen LogP contribution in [0.1, 0.15) is 22.8 Å². The van der Waals surface area contributed by atoms with Gasteiger partial charge in [-0.2, -0.15) is 0 Å². The zero-order chi connectivity index (χ0) is 14.5. The molecule has 2 rings (SSSR count). The molecule has 0 aliphatic heterocycles. The Labute approximate surface area is 117 Å². The summed E-state index contributed by atoms with van der Waals surface area (Å²) >= 11 is 0. The van der Waals surface area contributed by atoms with Gasteiger partial charge in [-0.05, 0) is 29.7 Å². The zero-order valence-corrected chi connectivity index (χ0v) is 11.0. The lowest BCUT2D eigenvalue weighted by atomic mass is 10.0. The highest BCUT2D eigenvalue weighted by Gasteiger charge is 2.01. The minimum absolute atomic E-state index is 0.0469. The monoisotopic (exact) mass is 266 g/mol. The highest BCUT2D eigenvalue weighted by atomic mass is 16.4. The predicted molar refractivity (Wildman–Crippen MR) is 78.6 cm³/mol. The lowest BCUT2D eigenvalue weighted by Gasteiger charge is -2.03. The van der Waals surface area contributed by atoms with E-state index in [-0.39, 0.29) is 5.78 Å². The molecule has 20 heavy (non-hydrogen) atoms. The smallest absolute Gasteiger partial charge is 0.328 e. The largest absolute Gasteiger partial charge is 0.478 e. The van der Waals surface area contributed by atoms with Crippen molar-refractivity contribution in [1.29, 1.82) is 0 Å². The van der Waals surface area contributed by atoms with E-state index in [1.165, 1.54) is 0 Å². The van der Waals surface area contributed by atoms with Crippen molar-refractivity contribution in [3.63, 3.8) is 0 Å². The number of carbonyl (C=O) groups is 2. The molecule has 100 valence electrons. The molecule has 0 heterocycles. The van der Waals surface area contributed by atoms with E-state index in [2.05, 4.69) is 0 Å². The summed E-state index contributed by atoms with van der Waals surface area (Å²) in [5.74, 6) is -0.917. The lowest BCUT2D eigenvalue weighted by Crippen LogP contribution is -1.90. The second kappa shape index (κ2) is 5.97. The van der Waals surface area contributed by atoms with E-state index >= 15 is 0 Å². The average molecular weight is 266 g/mol. The Kier molecular flexibility index (Phi) is 4.11. The molecule has 0 atom stereocenters. The van der Waals surface area contributed by atoms with E-state index in [1.807, 2.05) is 36.4 Å². The number of ketones is 1. The maximum Gasteiger partial charge on any atom is 0.328 e. The van der Waals surface area contributed by atoms with E-state index in [0.717, 1.165) is 22.8 Å². The van der Waals surface area contributed by atoms with Gasteiger partial charge in [-0.3, -0.25) is 4.79 Å². The number of aliphatic carboxylic acids is 1. The highest BCUT2D eigenvalue weighted by molar-refractivity contribution is 5.94. The Balaban J connectivity index is 2.21. The van der Waals surface area contributed by atoms with Gasteiger partial charge in [0.1, 0.15) is 0 Å². The number of hydrogen-bond acceptors (Lipinski definition) is 2. The van der Waals surface area contributed by atoms with Crippen LogP contribution in [0.5, 0.6) is 0 Å². The number of Topliss-reactive ketones (excluding diaryl/α,β-unsaturated/α-hetero) is 1. The van der Waals surface area contributed by atoms with Crippen LogP contribution < -0.4 is 0 Å². The van der Waals surface area contributed by atoms with Crippen LogP contribution in [0, 0.1) is 0 Å². The molecule has 0 spiro atoms. The standard InChI is InChI=1S/C17H14O3/c1-12(18)14-7-9-16(10-8-14)15-5-2-13(3-6-15)4-11-17(19)20/h2-11H,1H3,(H,19,20). The summed E-state index contributed by atoms with van der Waals surface area (Å²) in [5.41, 5.74) is 3.56. The summed E-state index contributed by atoms with van der Waals surface area (Å²) in [6.45, 7) is 1.54. The van der Waals surface area contributed by atoms with Gasteiger partial charge in [-0.25, -0.2) is 4.79 Å². The first-order chi connectivity index (χ1) is 9.56. The molecule has 0 amide bonds. The summed E-state index contributed by atoms with van der Waals surface area (Å²) in [4.78, 5) is 21.6. The molecule has 0 bridgehead atoms. The zero-order valence-electron chi connectivity index (χ0n) is 11.0. The van der Waals surface area contributed by atoms with Crippen molar-refractivity contribution in [3.8, 4) is 11.1 Å². The normalized spacial score (nSPS) is 10.7. The van der Waals surface area contributed by atoms with Gasteiger partial charge in [0.15, 0.2) is 5.78 Å². The number of carboxylic acid groups (broad SMARTS) is 1. The fraction of sp³-hybridized carbons (Fsp3) is 0.0588. The van der Waals surface area contributed by atoms with Crippen molar-refractivity contribution in [2.24, 2.45) is 0 Å². The molecule has 0 radical (unpaired) electrons. The van der Waals surface area contributed by atoms with Crippen LogP contribution in [0.3, 0.4) is 0 Å². The molecule has 0 unspecified atom stereocenters. The van der Waals surface area contributed by atoms with Crippen LogP contribution in [0.25, 0.3) is 17.2 Å². The molecule has 0 aliphatic rings. The number of carbonyl (C=O) groups excluding carboxylic acids is 1. The molecular weight excluding hydrogens is 252 g/mol. The molecule has 3 heteroatoms. The van der Waals surface area contributed by atoms with Crippen molar-refractivity contribution in [2.45, 2.75) is 6.92 Å². The average Bonchev–Trinajstić information content (AvgIpc) is 2.46. The minimum Gasteiger partial charge on any atom is -0.478 e. The van der Waals surface area contributed by atoms with E-state index in [9.17, 15) is 9.59 Å². The quantitative estimate of drug-likeness (QED) is 0.678. The predicted octanol–water partition coefficient (Wildman–Crippen LogP) is 3.65. The van der Waals surface area contributed by atoms with Crippen LogP contribution in [-0.2, 0) is 4.79 Å². The number of benzene rings is 2. The second-order valence-corrected chi connectivity index (χ2v) is 4.43.